The lowest BCUT2D eigenvalue weighted by molar-refractivity contribution is -0.119. The summed E-state index contributed by atoms with van der Waals surface area (Å²) in [5.74, 6) is 0.526. The molecular formula is C15H29NO2. The van der Waals surface area contributed by atoms with Gasteiger partial charge in [0.05, 0.1) is 0 Å². The third-order valence-corrected chi connectivity index (χ3v) is 2.92. The second kappa shape index (κ2) is 9.15. The van der Waals surface area contributed by atoms with Crippen LogP contribution in [0.15, 0.2) is 12.2 Å². The molecule has 0 heterocycles. The zero-order valence-corrected chi connectivity index (χ0v) is 12.6. The molecule has 1 amide bonds. The number of amides is 1. The Labute approximate surface area is 112 Å². The highest BCUT2D eigenvalue weighted by Crippen LogP contribution is 2.21. The fourth-order valence-corrected chi connectivity index (χ4v) is 1.73. The number of ether oxygens (including phenoxy) is 1. The molecule has 0 aliphatic carbocycles. The number of carbonyl (C=O) groups is 1. The first-order chi connectivity index (χ1) is 8.37. The van der Waals surface area contributed by atoms with Crippen LogP contribution in [0.2, 0.25) is 0 Å². The molecule has 3 heteroatoms. The summed E-state index contributed by atoms with van der Waals surface area (Å²) in [5.41, 5.74) is 0.216. The monoisotopic (exact) mass is 255 g/mol. The first-order valence-electron chi connectivity index (χ1n) is 6.83. The SMILES string of the molecule is CC=CC(C)(C)CCOCC(C)CCNC(C)=O. The van der Waals surface area contributed by atoms with Crippen LogP contribution in [0.5, 0.6) is 0 Å². The standard InChI is InChI=1S/C15H29NO2/c1-6-8-15(4,5)9-11-18-12-13(2)7-10-16-14(3)17/h6,8,13H,7,9-12H2,1-5H3,(H,16,17). The topological polar surface area (TPSA) is 38.3 Å². The van der Waals surface area contributed by atoms with Crippen molar-refractivity contribution in [1.82, 2.24) is 5.32 Å². The molecule has 0 spiro atoms. The summed E-state index contributed by atoms with van der Waals surface area (Å²) in [7, 11) is 0. The molecule has 0 bridgehead atoms. The second-order valence-corrected chi connectivity index (χ2v) is 5.69. The summed E-state index contributed by atoms with van der Waals surface area (Å²) >= 11 is 0. The number of hydrogen-bond acceptors (Lipinski definition) is 2. The molecule has 0 saturated carbocycles. The molecular weight excluding hydrogens is 226 g/mol. The first-order valence-corrected chi connectivity index (χ1v) is 6.83. The van der Waals surface area contributed by atoms with Gasteiger partial charge < -0.3 is 10.1 Å². The minimum absolute atomic E-state index is 0.0382. The maximum atomic E-state index is 10.7. The Morgan fingerprint density at radius 2 is 2.11 bits per heavy atom. The predicted octanol–water partition coefficient (Wildman–Crippen LogP) is 3.16. The van der Waals surface area contributed by atoms with Gasteiger partial charge in [-0.15, -0.1) is 0 Å². The molecule has 3 nitrogen and oxygen atoms in total. The van der Waals surface area contributed by atoms with Crippen LogP contribution in [-0.4, -0.2) is 25.7 Å². The first kappa shape index (κ1) is 17.2. The number of hydrogen-bond donors (Lipinski definition) is 1. The lowest BCUT2D eigenvalue weighted by Crippen LogP contribution is -2.23. The maximum Gasteiger partial charge on any atom is 0.216 e. The largest absolute Gasteiger partial charge is 0.381 e. The van der Waals surface area contributed by atoms with E-state index in [1.54, 1.807) is 6.92 Å². The predicted molar refractivity (Wildman–Crippen MR) is 76.5 cm³/mol. The van der Waals surface area contributed by atoms with Crippen molar-refractivity contribution in [3.63, 3.8) is 0 Å². The van der Waals surface area contributed by atoms with Crippen LogP contribution < -0.4 is 5.32 Å². The van der Waals surface area contributed by atoms with Crippen molar-refractivity contribution in [2.45, 2.75) is 47.5 Å². The minimum atomic E-state index is 0.0382. The quantitative estimate of drug-likeness (QED) is 0.507. The molecule has 0 aliphatic rings. The Hall–Kier alpha value is -0.830. The van der Waals surface area contributed by atoms with E-state index in [4.69, 9.17) is 4.74 Å². The summed E-state index contributed by atoms with van der Waals surface area (Å²) in [4.78, 5) is 10.7. The van der Waals surface area contributed by atoms with Crippen LogP contribution in [-0.2, 0) is 9.53 Å². The molecule has 1 N–H and O–H groups in total. The molecule has 18 heavy (non-hydrogen) atoms. The van der Waals surface area contributed by atoms with E-state index in [-0.39, 0.29) is 11.3 Å². The van der Waals surface area contributed by atoms with Crippen LogP contribution in [0.1, 0.15) is 47.5 Å². The van der Waals surface area contributed by atoms with Crippen molar-refractivity contribution in [2.75, 3.05) is 19.8 Å². The van der Waals surface area contributed by atoms with Crippen LogP contribution in [0.4, 0.5) is 0 Å². The van der Waals surface area contributed by atoms with Crippen molar-refractivity contribution in [3.8, 4) is 0 Å². The minimum Gasteiger partial charge on any atom is -0.381 e. The Balaban J connectivity index is 3.56. The fraction of sp³-hybridized carbons (Fsp3) is 0.800. The normalized spacial score (nSPS) is 13.8. The van der Waals surface area contributed by atoms with E-state index in [1.165, 1.54) is 0 Å². The lowest BCUT2D eigenvalue weighted by atomic mass is 9.89. The van der Waals surface area contributed by atoms with Gasteiger partial charge in [-0.25, -0.2) is 0 Å². The van der Waals surface area contributed by atoms with Gasteiger partial charge in [-0.1, -0.05) is 32.9 Å². The van der Waals surface area contributed by atoms with Crippen molar-refractivity contribution < 1.29 is 9.53 Å². The summed E-state index contributed by atoms with van der Waals surface area (Å²) in [6, 6.07) is 0. The van der Waals surface area contributed by atoms with E-state index < -0.39 is 0 Å². The van der Waals surface area contributed by atoms with E-state index in [1.807, 2.05) is 6.92 Å². The van der Waals surface area contributed by atoms with Crippen molar-refractivity contribution >= 4 is 5.91 Å². The van der Waals surface area contributed by atoms with E-state index in [0.29, 0.717) is 5.92 Å². The highest BCUT2D eigenvalue weighted by atomic mass is 16.5. The van der Waals surface area contributed by atoms with Crippen LogP contribution in [0.3, 0.4) is 0 Å². The molecule has 0 rings (SSSR count). The van der Waals surface area contributed by atoms with Gasteiger partial charge in [0.15, 0.2) is 0 Å². The van der Waals surface area contributed by atoms with Crippen LogP contribution in [0.25, 0.3) is 0 Å². The van der Waals surface area contributed by atoms with E-state index in [2.05, 4.69) is 38.2 Å². The second-order valence-electron chi connectivity index (χ2n) is 5.69. The van der Waals surface area contributed by atoms with Gasteiger partial charge in [0, 0.05) is 26.7 Å². The molecule has 0 aromatic rings. The number of nitrogens with one attached hydrogen (secondary N) is 1. The van der Waals surface area contributed by atoms with E-state index in [0.717, 1.165) is 32.6 Å². The fourth-order valence-electron chi connectivity index (χ4n) is 1.73. The van der Waals surface area contributed by atoms with Gasteiger partial charge in [0.1, 0.15) is 0 Å². The average Bonchev–Trinajstić information content (AvgIpc) is 2.24. The zero-order chi connectivity index (χ0) is 14.0. The molecule has 0 aromatic heterocycles. The van der Waals surface area contributed by atoms with Gasteiger partial charge in [-0.3, -0.25) is 4.79 Å². The van der Waals surface area contributed by atoms with E-state index >= 15 is 0 Å². The van der Waals surface area contributed by atoms with Gasteiger partial charge in [-0.2, -0.15) is 0 Å². The number of rotatable bonds is 9. The number of allylic oxidation sites excluding steroid dienone is 2. The summed E-state index contributed by atoms with van der Waals surface area (Å²) in [6.07, 6.45) is 6.32. The van der Waals surface area contributed by atoms with Crippen molar-refractivity contribution in [2.24, 2.45) is 11.3 Å². The molecule has 0 radical (unpaired) electrons. The van der Waals surface area contributed by atoms with Gasteiger partial charge in [0.25, 0.3) is 0 Å². The van der Waals surface area contributed by atoms with Gasteiger partial charge in [0.2, 0.25) is 5.91 Å². The van der Waals surface area contributed by atoms with Crippen LogP contribution >= 0.6 is 0 Å². The average molecular weight is 255 g/mol. The summed E-state index contributed by atoms with van der Waals surface area (Å²) < 4.78 is 5.69. The molecule has 0 aliphatic heterocycles. The number of carbonyl (C=O) groups excluding carboxylic acids is 1. The Morgan fingerprint density at radius 1 is 1.44 bits per heavy atom. The smallest absolute Gasteiger partial charge is 0.216 e. The van der Waals surface area contributed by atoms with Crippen molar-refractivity contribution in [3.05, 3.63) is 12.2 Å². The van der Waals surface area contributed by atoms with Gasteiger partial charge >= 0.3 is 0 Å². The Kier molecular flexibility index (Phi) is 8.73. The molecule has 1 atom stereocenters. The maximum absolute atomic E-state index is 10.7. The van der Waals surface area contributed by atoms with Gasteiger partial charge in [-0.05, 0) is 31.1 Å². The molecule has 0 fully saturated rings. The molecule has 0 saturated heterocycles. The highest BCUT2D eigenvalue weighted by Gasteiger charge is 2.13. The highest BCUT2D eigenvalue weighted by molar-refractivity contribution is 5.72. The third-order valence-electron chi connectivity index (χ3n) is 2.92. The molecule has 106 valence electrons. The van der Waals surface area contributed by atoms with Crippen LogP contribution in [0, 0.1) is 11.3 Å². The summed E-state index contributed by atoms with van der Waals surface area (Å²) in [6.45, 7) is 12.5. The molecule has 0 aromatic carbocycles. The Morgan fingerprint density at radius 3 is 2.67 bits per heavy atom. The van der Waals surface area contributed by atoms with E-state index in [9.17, 15) is 4.79 Å². The zero-order valence-electron chi connectivity index (χ0n) is 12.6. The molecule has 1 unspecified atom stereocenters. The lowest BCUT2D eigenvalue weighted by Gasteiger charge is -2.20. The third kappa shape index (κ3) is 10.3. The summed E-state index contributed by atoms with van der Waals surface area (Å²) in [5, 5.41) is 2.80. The van der Waals surface area contributed by atoms with Crippen molar-refractivity contribution in [1.29, 1.82) is 0 Å². The Bertz CT molecular complexity index is 259.